The van der Waals surface area contributed by atoms with Crippen LogP contribution < -0.4 is 51.7 Å². The van der Waals surface area contributed by atoms with E-state index in [0.717, 1.165) is 78.0 Å². The van der Waals surface area contributed by atoms with E-state index in [4.69, 9.17) is 18.9 Å². The van der Waals surface area contributed by atoms with Gasteiger partial charge in [0.1, 0.15) is 23.0 Å². The van der Waals surface area contributed by atoms with Crippen molar-refractivity contribution in [3.8, 4) is 56.6 Å². The number of benzene rings is 12. The first-order valence-corrected chi connectivity index (χ1v) is 31.2. The van der Waals surface area contributed by atoms with Gasteiger partial charge >= 0.3 is 0 Å². The van der Waals surface area contributed by atoms with E-state index in [0.29, 0.717) is 0 Å². The zero-order valence-electron chi connectivity index (χ0n) is 48.1. The van der Waals surface area contributed by atoms with Crippen molar-refractivity contribution in [2.24, 2.45) is 0 Å². The molecular weight excluding hydrogens is 1100 g/mol. The van der Waals surface area contributed by atoms with E-state index in [1.807, 2.05) is 23.5 Å². The van der Waals surface area contributed by atoms with Gasteiger partial charge in [-0.2, -0.15) is 0 Å². The molecule has 0 N–H and O–H groups in total. The molecule has 0 unspecified atom stereocenters. The Labute approximate surface area is 513 Å². The summed E-state index contributed by atoms with van der Waals surface area (Å²) in [5, 5.41) is 4.41. The third-order valence-corrected chi connectivity index (χ3v) is 21.7. The molecule has 4 heterocycles. The predicted octanol–water partition coefficient (Wildman–Crippen LogP) is 14.2. The quantitative estimate of drug-likeness (QED) is 0.141. The first kappa shape index (κ1) is 50.6. The second-order valence-corrected chi connectivity index (χ2v) is 25.3. The molecule has 0 saturated carbocycles. The number of nitrogens with zero attached hydrogens (tertiary/aromatic N) is 2. The van der Waals surface area contributed by atoms with E-state index >= 15 is 0 Å². The second kappa shape index (κ2) is 19.1. The molecule has 2 aliphatic heterocycles. The van der Waals surface area contributed by atoms with Gasteiger partial charge in [0.15, 0.2) is 0 Å². The number of methoxy groups -OCH3 is 4. The van der Waals surface area contributed by atoms with Gasteiger partial charge in [0, 0.05) is 63.6 Å². The lowest BCUT2D eigenvalue weighted by molar-refractivity contribution is 0.415. The average Bonchev–Trinajstić information content (AvgIpc) is 1.50. The van der Waals surface area contributed by atoms with Crippen LogP contribution in [0.4, 0.5) is 0 Å². The Balaban J connectivity index is 0.965. The van der Waals surface area contributed by atoms with Crippen LogP contribution >= 0.6 is 23.5 Å². The third kappa shape index (κ3) is 7.05. The van der Waals surface area contributed by atoms with Crippen molar-refractivity contribution in [1.29, 1.82) is 0 Å². The Bertz CT molecular complexity index is 4820. The first-order chi connectivity index (χ1) is 42.9. The van der Waals surface area contributed by atoms with Crippen molar-refractivity contribution in [3.63, 3.8) is 0 Å². The fourth-order valence-corrected chi connectivity index (χ4v) is 18.1. The molecule has 1 spiro atoms. The molecule has 2 aromatic heterocycles. The summed E-state index contributed by atoms with van der Waals surface area (Å²) in [4.78, 5) is 5.18. The molecule has 0 bridgehead atoms. The van der Waals surface area contributed by atoms with Crippen LogP contribution in [0.15, 0.2) is 262 Å². The number of hydrogen-bond donors (Lipinski definition) is 0. The summed E-state index contributed by atoms with van der Waals surface area (Å²) in [5.41, 5.74) is 23.9. The number of fused-ring (bicyclic) bond motifs is 22. The fraction of sp³-hybridized carbons (Fsp3) is 0.0649. The number of rotatable bonds is 8. The highest BCUT2D eigenvalue weighted by atomic mass is 32.2. The standard InChI is InChI=1S/C77H52B2N2O4S2/c1-82-49-25-35-67-53(41-49)54-42-50(83-2)26-36-68(54)80(67)47-23-29-59-57(39-47)73-61(31-33-65-75(73)86-71-21-13-11-19-63(71)78(65)45-15-7-5-8-16-45)77(59)60-30-24-48(81-69-37-27-51(84-3)43-55(69)56-44-52(85-4)28-38-70(56)81)40-58(60)74-62(77)32-34-66-76(74)87-72-22-14-12-20-64(72)79(66)46-17-9-6-10-18-46/h5-44H,1-4H3. The van der Waals surface area contributed by atoms with Crippen LogP contribution in [-0.2, 0) is 5.41 Å². The van der Waals surface area contributed by atoms with Gasteiger partial charge in [-0.3, -0.25) is 0 Å². The Morgan fingerprint density at radius 3 is 1.03 bits per heavy atom. The number of aromatic nitrogens is 2. The van der Waals surface area contributed by atoms with E-state index in [2.05, 4.69) is 252 Å². The maximum atomic E-state index is 5.88. The summed E-state index contributed by atoms with van der Waals surface area (Å²) >= 11 is 3.86. The van der Waals surface area contributed by atoms with Crippen molar-refractivity contribution in [2.75, 3.05) is 28.4 Å². The molecule has 412 valence electrons. The molecule has 4 aliphatic rings. The summed E-state index contributed by atoms with van der Waals surface area (Å²) in [6.07, 6.45) is 0. The van der Waals surface area contributed by atoms with Crippen LogP contribution in [0.1, 0.15) is 22.3 Å². The third-order valence-electron chi connectivity index (χ3n) is 19.2. The smallest absolute Gasteiger partial charge is 0.244 e. The van der Waals surface area contributed by atoms with Gasteiger partial charge in [-0.05, 0) is 143 Å². The summed E-state index contributed by atoms with van der Waals surface area (Å²) in [7, 11) is 6.96. The van der Waals surface area contributed by atoms with E-state index in [1.165, 1.54) is 96.9 Å². The van der Waals surface area contributed by atoms with Crippen molar-refractivity contribution in [3.05, 3.63) is 265 Å². The van der Waals surface area contributed by atoms with E-state index in [-0.39, 0.29) is 13.4 Å². The van der Waals surface area contributed by atoms with E-state index in [9.17, 15) is 0 Å². The van der Waals surface area contributed by atoms with Crippen LogP contribution in [-0.4, -0.2) is 51.0 Å². The van der Waals surface area contributed by atoms with Gasteiger partial charge in [-0.15, -0.1) is 0 Å². The molecule has 0 radical (unpaired) electrons. The highest BCUT2D eigenvalue weighted by Gasteiger charge is 2.55. The Morgan fingerprint density at radius 1 is 0.322 bits per heavy atom. The van der Waals surface area contributed by atoms with Gasteiger partial charge < -0.3 is 28.1 Å². The summed E-state index contributed by atoms with van der Waals surface area (Å²) in [6.45, 7) is 0.0643. The molecule has 18 rings (SSSR count). The largest absolute Gasteiger partial charge is 0.497 e. The molecule has 10 heteroatoms. The maximum absolute atomic E-state index is 5.88. The van der Waals surface area contributed by atoms with Crippen LogP contribution in [0.25, 0.3) is 77.2 Å². The topological polar surface area (TPSA) is 46.8 Å². The molecule has 0 amide bonds. The lowest BCUT2D eigenvalue weighted by Gasteiger charge is -2.33. The molecular formula is C77H52B2N2O4S2. The van der Waals surface area contributed by atoms with Gasteiger partial charge in [-0.1, -0.05) is 190 Å². The summed E-state index contributed by atoms with van der Waals surface area (Å²) in [5.74, 6) is 3.24. The number of ether oxygens (including phenoxy) is 4. The minimum Gasteiger partial charge on any atom is -0.497 e. The van der Waals surface area contributed by atoms with Crippen molar-refractivity contribution < 1.29 is 18.9 Å². The van der Waals surface area contributed by atoms with Gasteiger partial charge in [0.2, 0.25) is 13.4 Å². The summed E-state index contributed by atoms with van der Waals surface area (Å²) < 4.78 is 28.4. The first-order valence-electron chi connectivity index (χ1n) is 29.6. The SMILES string of the molecule is COc1ccc2c(c1)c1cc(OC)ccc1n2-c1ccc2c(c1)-c1c(ccc3c1Sc1ccccc1B3c1ccccc1)C21c2ccc(-n3c4ccc(OC)cc4c4cc(OC)ccc43)cc2-c2c1ccc1c2Sc2ccccc2B1c1ccccc1. The van der Waals surface area contributed by atoms with Gasteiger partial charge in [0.25, 0.3) is 0 Å². The minimum atomic E-state index is -0.723. The van der Waals surface area contributed by atoms with Gasteiger partial charge in [0.05, 0.1) is 55.9 Å². The van der Waals surface area contributed by atoms with Crippen molar-refractivity contribution >= 4 is 113 Å². The van der Waals surface area contributed by atoms with Crippen LogP contribution in [0.5, 0.6) is 23.0 Å². The average molecular weight is 1160 g/mol. The lowest BCUT2D eigenvalue weighted by Crippen LogP contribution is -2.55. The summed E-state index contributed by atoms with van der Waals surface area (Å²) in [6, 6.07) is 90.9. The van der Waals surface area contributed by atoms with Crippen LogP contribution in [0.3, 0.4) is 0 Å². The Morgan fingerprint density at radius 2 is 0.667 bits per heavy atom. The van der Waals surface area contributed by atoms with Crippen molar-refractivity contribution in [2.45, 2.75) is 25.0 Å². The highest BCUT2D eigenvalue weighted by Crippen LogP contribution is 2.66. The zero-order chi connectivity index (χ0) is 57.8. The maximum Gasteiger partial charge on any atom is 0.244 e. The fourth-order valence-electron chi connectivity index (χ4n) is 15.5. The lowest BCUT2D eigenvalue weighted by atomic mass is 9.36. The monoisotopic (exact) mass is 1150 g/mol. The number of hydrogen-bond acceptors (Lipinski definition) is 6. The van der Waals surface area contributed by atoms with Gasteiger partial charge in [-0.25, -0.2) is 0 Å². The minimum absolute atomic E-state index is 0.0321. The molecule has 12 aromatic carbocycles. The highest BCUT2D eigenvalue weighted by molar-refractivity contribution is 8.00. The van der Waals surface area contributed by atoms with Crippen LogP contribution in [0.2, 0.25) is 0 Å². The van der Waals surface area contributed by atoms with Crippen molar-refractivity contribution in [1.82, 2.24) is 9.13 Å². The van der Waals surface area contributed by atoms with Crippen LogP contribution in [0, 0.1) is 0 Å². The Kier molecular flexibility index (Phi) is 11.1. The zero-order valence-corrected chi connectivity index (χ0v) is 49.7. The molecule has 0 atom stereocenters. The Hall–Kier alpha value is -9.73. The molecule has 87 heavy (non-hydrogen) atoms. The molecule has 2 aliphatic carbocycles. The predicted molar refractivity (Wildman–Crippen MR) is 361 cm³/mol. The van der Waals surface area contributed by atoms with E-state index in [1.54, 1.807) is 28.4 Å². The van der Waals surface area contributed by atoms with E-state index < -0.39 is 5.41 Å². The molecule has 6 nitrogen and oxygen atoms in total. The molecule has 0 saturated heterocycles. The normalized spacial score (nSPS) is 13.7. The molecule has 0 fully saturated rings. The molecule has 14 aromatic rings. The second-order valence-electron chi connectivity index (χ2n) is 23.2.